The molecule has 2 saturated heterocycles. The van der Waals surface area contributed by atoms with Crippen LogP contribution < -0.4 is 5.32 Å². The molecule has 2 aliphatic rings. The van der Waals surface area contributed by atoms with Gasteiger partial charge in [-0.15, -0.1) is 0 Å². The molecule has 6 nitrogen and oxygen atoms in total. The standard InChI is InChI=1S/C17H28F3N3O3/c1-2-6-23(12-17(18,19)20)16(25)13-4-3-7-22(10-13)15(24)9-14-11-26-8-5-21-14/h13-14,21H,2-12H2,1H3. The molecule has 0 aromatic rings. The lowest BCUT2D eigenvalue weighted by Crippen LogP contribution is -2.50. The van der Waals surface area contributed by atoms with Crippen LogP contribution in [0.25, 0.3) is 0 Å². The van der Waals surface area contributed by atoms with E-state index < -0.39 is 24.5 Å². The molecule has 150 valence electrons. The third kappa shape index (κ3) is 6.42. The lowest BCUT2D eigenvalue weighted by atomic mass is 9.95. The zero-order valence-corrected chi connectivity index (χ0v) is 15.2. The number of amides is 2. The van der Waals surface area contributed by atoms with E-state index in [4.69, 9.17) is 4.74 Å². The smallest absolute Gasteiger partial charge is 0.378 e. The maximum Gasteiger partial charge on any atom is 0.406 e. The second kappa shape index (κ2) is 9.55. The van der Waals surface area contributed by atoms with Gasteiger partial charge in [-0.05, 0) is 19.3 Å². The summed E-state index contributed by atoms with van der Waals surface area (Å²) in [6.45, 7) is 3.12. The summed E-state index contributed by atoms with van der Waals surface area (Å²) in [5.41, 5.74) is 0. The second-order valence-electron chi connectivity index (χ2n) is 6.98. The third-order valence-electron chi connectivity index (χ3n) is 4.72. The van der Waals surface area contributed by atoms with Crippen LogP contribution >= 0.6 is 0 Å². The van der Waals surface area contributed by atoms with Crippen molar-refractivity contribution in [2.24, 2.45) is 5.92 Å². The normalized spacial score (nSPS) is 24.4. The number of hydrogen-bond donors (Lipinski definition) is 1. The van der Waals surface area contributed by atoms with E-state index >= 15 is 0 Å². The van der Waals surface area contributed by atoms with Gasteiger partial charge in [0.05, 0.1) is 19.1 Å². The number of alkyl halides is 3. The molecule has 1 N–H and O–H groups in total. The van der Waals surface area contributed by atoms with E-state index in [1.54, 1.807) is 11.8 Å². The Hall–Kier alpha value is -1.35. The van der Waals surface area contributed by atoms with Gasteiger partial charge >= 0.3 is 6.18 Å². The number of carbonyl (C=O) groups excluding carboxylic acids is 2. The molecule has 9 heteroatoms. The number of nitrogens with zero attached hydrogens (tertiary/aromatic N) is 2. The molecule has 0 saturated carbocycles. The second-order valence-corrected chi connectivity index (χ2v) is 6.98. The molecule has 2 rings (SSSR count). The first-order valence-electron chi connectivity index (χ1n) is 9.24. The lowest BCUT2D eigenvalue weighted by Gasteiger charge is -2.36. The minimum absolute atomic E-state index is 0.0471. The molecule has 0 spiro atoms. The number of carbonyl (C=O) groups is 2. The van der Waals surface area contributed by atoms with Crippen LogP contribution in [0, 0.1) is 5.92 Å². The van der Waals surface area contributed by atoms with Gasteiger partial charge < -0.3 is 19.9 Å². The average Bonchev–Trinajstić information content (AvgIpc) is 2.60. The summed E-state index contributed by atoms with van der Waals surface area (Å²) < 4.78 is 43.6. The molecule has 0 aromatic carbocycles. The Bertz CT molecular complexity index is 482. The molecule has 0 aromatic heterocycles. The Morgan fingerprint density at radius 1 is 1.35 bits per heavy atom. The Kier molecular flexibility index (Phi) is 7.69. The van der Waals surface area contributed by atoms with Crippen LogP contribution in [0.5, 0.6) is 0 Å². The Balaban J connectivity index is 1.92. The van der Waals surface area contributed by atoms with E-state index in [0.29, 0.717) is 45.6 Å². The minimum atomic E-state index is -4.42. The number of likely N-dealkylation sites (tertiary alicyclic amines) is 1. The summed E-state index contributed by atoms with van der Waals surface area (Å²) >= 11 is 0. The number of morpholine rings is 1. The van der Waals surface area contributed by atoms with Crippen LogP contribution in [0.1, 0.15) is 32.6 Å². The first-order chi connectivity index (χ1) is 12.3. The van der Waals surface area contributed by atoms with Crippen LogP contribution in [0.3, 0.4) is 0 Å². The molecular formula is C17H28F3N3O3. The number of piperidine rings is 1. The van der Waals surface area contributed by atoms with E-state index in [1.165, 1.54) is 0 Å². The van der Waals surface area contributed by atoms with Crippen LogP contribution in [-0.4, -0.2) is 79.8 Å². The highest BCUT2D eigenvalue weighted by Gasteiger charge is 2.37. The molecule has 0 bridgehead atoms. The Labute approximate surface area is 152 Å². The SMILES string of the molecule is CCCN(CC(F)(F)F)C(=O)C1CCCN(C(=O)CC2COCCN2)C1. The zero-order valence-electron chi connectivity index (χ0n) is 15.2. The van der Waals surface area contributed by atoms with E-state index in [9.17, 15) is 22.8 Å². The minimum Gasteiger partial charge on any atom is -0.378 e. The quantitative estimate of drug-likeness (QED) is 0.758. The number of halogens is 3. The molecule has 2 aliphatic heterocycles. The van der Waals surface area contributed by atoms with Crippen molar-refractivity contribution in [3.63, 3.8) is 0 Å². The predicted octanol–water partition coefficient (Wildman–Crippen LogP) is 1.40. The Morgan fingerprint density at radius 3 is 2.73 bits per heavy atom. The maximum atomic E-state index is 12.7. The number of nitrogens with one attached hydrogen (secondary N) is 1. The molecule has 2 atom stereocenters. The van der Waals surface area contributed by atoms with E-state index in [1.807, 2.05) is 0 Å². The molecular weight excluding hydrogens is 351 g/mol. The number of ether oxygens (including phenoxy) is 1. The summed E-state index contributed by atoms with van der Waals surface area (Å²) in [6.07, 6.45) is -2.53. The van der Waals surface area contributed by atoms with Crippen molar-refractivity contribution in [3.05, 3.63) is 0 Å². The average molecular weight is 379 g/mol. The fourth-order valence-electron chi connectivity index (χ4n) is 3.51. The van der Waals surface area contributed by atoms with Crippen molar-refractivity contribution in [2.75, 3.05) is 45.9 Å². The highest BCUT2D eigenvalue weighted by Crippen LogP contribution is 2.23. The summed E-state index contributed by atoms with van der Waals surface area (Å²) in [4.78, 5) is 27.6. The molecule has 2 heterocycles. The molecule has 0 radical (unpaired) electrons. The number of rotatable bonds is 6. The highest BCUT2D eigenvalue weighted by atomic mass is 19.4. The van der Waals surface area contributed by atoms with Crippen LogP contribution in [0.2, 0.25) is 0 Å². The van der Waals surface area contributed by atoms with Gasteiger partial charge in [0.25, 0.3) is 0 Å². The van der Waals surface area contributed by atoms with Crippen LogP contribution in [0.15, 0.2) is 0 Å². The van der Waals surface area contributed by atoms with Gasteiger partial charge in [0.15, 0.2) is 0 Å². The topological polar surface area (TPSA) is 61.9 Å². The van der Waals surface area contributed by atoms with Crippen molar-refractivity contribution in [2.45, 2.75) is 44.8 Å². The van der Waals surface area contributed by atoms with E-state index in [2.05, 4.69) is 5.32 Å². The van der Waals surface area contributed by atoms with E-state index in [-0.39, 0.29) is 31.5 Å². The number of hydrogen-bond acceptors (Lipinski definition) is 4. The molecule has 2 fully saturated rings. The van der Waals surface area contributed by atoms with Crippen molar-refractivity contribution < 1.29 is 27.5 Å². The van der Waals surface area contributed by atoms with Crippen molar-refractivity contribution in [3.8, 4) is 0 Å². The van der Waals surface area contributed by atoms with Gasteiger partial charge in [0, 0.05) is 38.6 Å². The summed E-state index contributed by atoms with van der Waals surface area (Å²) in [6, 6.07) is -0.0471. The summed E-state index contributed by atoms with van der Waals surface area (Å²) in [5.74, 6) is -1.14. The van der Waals surface area contributed by atoms with Gasteiger partial charge in [-0.1, -0.05) is 6.92 Å². The van der Waals surface area contributed by atoms with Gasteiger partial charge in [-0.2, -0.15) is 13.2 Å². The monoisotopic (exact) mass is 379 g/mol. The summed E-state index contributed by atoms with van der Waals surface area (Å²) in [7, 11) is 0. The third-order valence-corrected chi connectivity index (χ3v) is 4.72. The fourth-order valence-corrected chi connectivity index (χ4v) is 3.51. The summed E-state index contributed by atoms with van der Waals surface area (Å²) in [5, 5.41) is 3.21. The van der Waals surface area contributed by atoms with Gasteiger partial charge in [0.2, 0.25) is 11.8 Å². The van der Waals surface area contributed by atoms with Gasteiger partial charge in [0.1, 0.15) is 6.54 Å². The van der Waals surface area contributed by atoms with Gasteiger partial charge in [-0.25, -0.2) is 0 Å². The first kappa shape index (κ1) is 21.0. The van der Waals surface area contributed by atoms with Crippen LogP contribution in [0.4, 0.5) is 13.2 Å². The lowest BCUT2D eigenvalue weighted by molar-refractivity contribution is -0.165. The highest BCUT2D eigenvalue weighted by molar-refractivity contribution is 5.81. The van der Waals surface area contributed by atoms with Crippen molar-refractivity contribution in [1.29, 1.82) is 0 Å². The Morgan fingerprint density at radius 2 is 2.12 bits per heavy atom. The maximum absolute atomic E-state index is 12.7. The zero-order chi connectivity index (χ0) is 19.2. The molecule has 26 heavy (non-hydrogen) atoms. The molecule has 0 aliphatic carbocycles. The predicted molar refractivity (Wildman–Crippen MR) is 89.5 cm³/mol. The molecule has 2 unspecified atom stereocenters. The van der Waals surface area contributed by atoms with Gasteiger partial charge in [-0.3, -0.25) is 9.59 Å². The fraction of sp³-hybridized carbons (Fsp3) is 0.882. The molecule has 2 amide bonds. The first-order valence-corrected chi connectivity index (χ1v) is 9.24. The van der Waals surface area contributed by atoms with E-state index in [0.717, 1.165) is 4.90 Å². The van der Waals surface area contributed by atoms with Crippen molar-refractivity contribution >= 4 is 11.8 Å². The van der Waals surface area contributed by atoms with Crippen LogP contribution in [-0.2, 0) is 14.3 Å². The largest absolute Gasteiger partial charge is 0.406 e. The van der Waals surface area contributed by atoms with Crippen molar-refractivity contribution in [1.82, 2.24) is 15.1 Å².